The average Bonchev–Trinajstić information content (AvgIpc) is 2.41. The molecule has 3 heteroatoms. The van der Waals surface area contributed by atoms with Crippen LogP contribution in [0, 0.1) is 6.92 Å². The summed E-state index contributed by atoms with van der Waals surface area (Å²) < 4.78 is 4.91. The average molecular weight is 256 g/mol. The lowest BCUT2D eigenvalue weighted by molar-refractivity contribution is -0.142. The summed E-state index contributed by atoms with van der Waals surface area (Å²) >= 11 is 0. The number of ether oxygens (including phenoxy) is 1. The predicted molar refractivity (Wildman–Crippen MR) is 73.7 cm³/mol. The highest BCUT2D eigenvalue weighted by Gasteiger charge is 2.11. The maximum Gasteiger partial charge on any atom is 0.302 e. The molecule has 0 saturated heterocycles. The molecule has 0 amide bonds. The molecule has 0 bridgehead atoms. The van der Waals surface area contributed by atoms with Crippen LogP contribution in [0.1, 0.15) is 18.1 Å². The summed E-state index contributed by atoms with van der Waals surface area (Å²) in [5.41, 5.74) is 3.43. The molecule has 98 valence electrons. The summed E-state index contributed by atoms with van der Waals surface area (Å²) in [5, 5.41) is 10.2. The molecular formula is C16H16O3. The number of esters is 1. The van der Waals surface area contributed by atoms with E-state index in [9.17, 15) is 9.90 Å². The number of hydrogen-bond acceptors (Lipinski definition) is 3. The van der Waals surface area contributed by atoms with Crippen molar-refractivity contribution in [1.29, 1.82) is 0 Å². The molecular weight excluding hydrogens is 240 g/mol. The van der Waals surface area contributed by atoms with Crippen LogP contribution in [0.2, 0.25) is 0 Å². The van der Waals surface area contributed by atoms with Crippen LogP contribution >= 0.6 is 0 Å². The van der Waals surface area contributed by atoms with E-state index >= 15 is 0 Å². The van der Waals surface area contributed by atoms with Gasteiger partial charge in [0, 0.05) is 12.5 Å². The number of hydrogen-bond donors (Lipinski definition) is 1. The maximum atomic E-state index is 10.8. The molecule has 0 atom stereocenters. The summed E-state index contributed by atoms with van der Waals surface area (Å²) in [4.78, 5) is 10.8. The molecule has 2 aromatic carbocycles. The van der Waals surface area contributed by atoms with Gasteiger partial charge in [-0.2, -0.15) is 0 Å². The van der Waals surface area contributed by atoms with Crippen molar-refractivity contribution in [3.05, 3.63) is 53.6 Å². The number of phenolic OH excluding ortho intramolecular Hbond substituents is 1. The third-order valence-electron chi connectivity index (χ3n) is 3.03. The van der Waals surface area contributed by atoms with E-state index in [1.807, 2.05) is 43.3 Å². The Bertz CT molecular complexity index is 588. The highest BCUT2D eigenvalue weighted by atomic mass is 16.5. The monoisotopic (exact) mass is 256 g/mol. The van der Waals surface area contributed by atoms with Gasteiger partial charge in [0.15, 0.2) is 0 Å². The molecule has 1 N–H and O–H groups in total. The summed E-state index contributed by atoms with van der Waals surface area (Å²) in [6.07, 6.45) is 0. The lowest BCUT2D eigenvalue weighted by atomic mass is 9.97. The number of aromatic hydroxyl groups is 1. The van der Waals surface area contributed by atoms with Crippen molar-refractivity contribution in [1.82, 2.24) is 0 Å². The molecule has 0 spiro atoms. The highest BCUT2D eigenvalue weighted by molar-refractivity contribution is 5.71. The Kier molecular flexibility index (Phi) is 3.85. The molecule has 0 aromatic heterocycles. The van der Waals surface area contributed by atoms with E-state index in [2.05, 4.69) is 0 Å². The number of carbonyl (C=O) groups is 1. The van der Waals surface area contributed by atoms with E-state index in [1.54, 1.807) is 6.07 Å². The lowest BCUT2D eigenvalue weighted by Crippen LogP contribution is -2.00. The second kappa shape index (κ2) is 5.57. The van der Waals surface area contributed by atoms with Gasteiger partial charge in [-0.3, -0.25) is 4.79 Å². The van der Waals surface area contributed by atoms with Crippen molar-refractivity contribution in [3.8, 4) is 16.9 Å². The second-order valence-electron chi connectivity index (χ2n) is 4.39. The predicted octanol–water partition coefficient (Wildman–Crippen LogP) is 3.43. The highest BCUT2D eigenvalue weighted by Crippen LogP contribution is 2.32. The number of carbonyl (C=O) groups excluding carboxylic acids is 1. The zero-order valence-electron chi connectivity index (χ0n) is 11.0. The smallest absolute Gasteiger partial charge is 0.302 e. The second-order valence-corrected chi connectivity index (χ2v) is 4.39. The van der Waals surface area contributed by atoms with Gasteiger partial charge in [0.2, 0.25) is 0 Å². The Balaban J connectivity index is 2.35. The molecule has 0 heterocycles. The van der Waals surface area contributed by atoms with Crippen LogP contribution in [0.5, 0.6) is 5.75 Å². The van der Waals surface area contributed by atoms with Crippen molar-refractivity contribution in [2.24, 2.45) is 0 Å². The zero-order chi connectivity index (χ0) is 13.8. The van der Waals surface area contributed by atoms with Crippen LogP contribution in [-0.4, -0.2) is 11.1 Å². The molecule has 0 saturated carbocycles. The van der Waals surface area contributed by atoms with Gasteiger partial charge < -0.3 is 9.84 Å². The van der Waals surface area contributed by atoms with Crippen molar-refractivity contribution in [2.45, 2.75) is 20.5 Å². The Morgan fingerprint density at radius 2 is 1.84 bits per heavy atom. The van der Waals surface area contributed by atoms with Crippen molar-refractivity contribution in [3.63, 3.8) is 0 Å². The first-order valence-electron chi connectivity index (χ1n) is 6.10. The van der Waals surface area contributed by atoms with Crippen LogP contribution in [-0.2, 0) is 16.1 Å². The first-order chi connectivity index (χ1) is 9.09. The van der Waals surface area contributed by atoms with Crippen LogP contribution in [0.25, 0.3) is 11.1 Å². The van der Waals surface area contributed by atoms with Crippen LogP contribution < -0.4 is 0 Å². The normalized spacial score (nSPS) is 10.2. The minimum absolute atomic E-state index is 0.0943. The third kappa shape index (κ3) is 2.94. The number of benzene rings is 2. The minimum Gasteiger partial charge on any atom is -0.507 e. The number of phenols is 1. The summed E-state index contributed by atoms with van der Waals surface area (Å²) in [5.74, 6) is -0.174. The largest absolute Gasteiger partial charge is 0.507 e. The van der Waals surface area contributed by atoms with E-state index < -0.39 is 0 Å². The summed E-state index contributed by atoms with van der Waals surface area (Å²) in [6, 6.07) is 13.6. The fourth-order valence-corrected chi connectivity index (χ4v) is 1.98. The maximum absolute atomic E-state index is 10.8. The quantitative estimate of drug-likeness (QED) is 0.856. The first kappa shape index (κ1) is 13.1. The Morgan fingerprint density at radius 3 is 2.47 bits per heavy atom. The van der Waals surface area contributed by atoms with Crippen molar-refractivity contribution in [2.75, 3.05) is 0 Å². The van der Waals surface area contributed by atoms with E-state index in [4.69, 9.17) is 4.74 Å². The zero-order valence-corrected chi connectivity index (χ0v) is 11.0. The fourth-order valence-electron chi connectivity index (χ4n) is 1.98. The van der Waals surface area contributed by atoms with Crippen molar-refractivity contribution < 1.29 is 14.6 Å². The number of rotatable bonds is 3. The molecule has 0 radical (unpaired) electrons. The topological polar surface area (TPSA) is 46.5 Å². The van der Waals surface area contributed by atoms with E-state index in [-0.39, 0.29) is 18.3 Å². The third-order valence-corrected chi connectivity index (χ3v) is 3.03. The van der Waals surface area contributed by atoms with E-state index in [0.29, 0.717) is 5.56 Å². The van der Waals surface area contributed by atoms with Gasteiger partial charge in [-0.25, -0.2) is 0 Å². The fraction of sp³-hybridized carbons (Fsp3) is 0.188. The molecule has 2 rings (SSSR count). The van der Waals surface area contributed by atoms with Crippen LogP contribution in [0.4, 0.5) is 0 Å². The Morgan fingerprint density at radius 1 is 1.16 bits per heavy atom. The van der Waals surface area contributed by atoms with Crippen molar-refractivity contribution >= 4 is 5.97 Å². The first-order valence-corrected chi connectivity index (χ1v) is 6.10. The van der Waals surface area contributed by atoms with E-state index in [1.165, 1.54) is 6.92 Å². The molecule has 0 aliphatic heterocycles. The summed E-state index contributed by atoms with van der Waals surface area (Å²) in [6.45, 7) is 3.30. The molecule has 0 unspecified atom stereocenters. The minimum atomic E-state index is -0.357. The lowest BCUT2D eigenvalue weighted by Gasteiger charge is -2.12. The Labute approximate surface area is 112 Å². The van der Waals surface area contributed by atoms with Gasteiger partial charge >= 0.3 is 5.97 Å². The Hall–Kier alpha value is -2.29. The molecule has 0 fully saturated rings. The molecule has 2 aromatic rings. The molecule has 3 nitrogen and oxygen atoms in total. The summed E-state index contributed by atoms with van der Waals surface area (Å²) in [7, 11) is 0. The van der Waals surface area contributed by atoms with Gasteiger partial charge in [-0.15, -0.1) is 0 Å². The van der Waals surface area contributed by atoms with E-state index in [0.717, 1.165) is 16.7 Å². The van der Waals surface area contributed by atoms with Gasteiger partial charge in [0.05, 0.1) is 0 Å². The van der Waals surface area contributed by atoms with Gasteiger partial charge in [0.1, 0.15) is 12.4 Å². The van der Waals surface area contributed by atoms with Gasteiger partial charge in [-0.1, -0.05) is 42.5 Å². The molecule has 0 aliphatic rings. The van der Waals surface area contributed by atoms with Crippen LogP contribution in [0.3, 0.4) is 0 Å². The SMILES string of the molecule is CC(=O)OCc1ccc(-c2ccccc2)c(C)c1O. The van der Waals surface area contributed by atoms with Gasteiger partial charge in [-0.05, 0) is 23.6 Å². The van der Waals surface area contributed by atoms with Gasteiger partial charge in [0.25, 0.3) is 0 Å². The standard InChI is InChI=1S/C16H16O3/c1-11-15(13-6-4-3-5-7-13)9-8-14(16(11)18)10-19-12(2)17/h3-9,18H,10H2,1-2H3. The van der Waals surface area contributed by atoms with Crippen LogP contribution in [0.15, 0.2) is 42.5 Å². The molecule has 0 aliphatic carbocycles. The molecule has 19 heavy (non-hydrogen) atoms.